The van der Waals surface area contributed by atoms with E-state index in [1.54, 1.807) is 18.2 Å². The number of rotatable bonds is 9. The van der Waals surface area contributed by atoms with E-state index in [0.717, 1.165) is 25.7 Å². The average molecular weight is 493 g/mol. The van der Waals surface area contributed by atoms with Crippen molar-refractivity contribution in [2.75, 3.05) is 31.6 Å². The van der Waals surface area contributed by atoms with E-state index in [4.69, 9.17) is 16.3 Å². The first-order chi connectivity index (χ1) is 16.4. The molecule has 1 aliphatic heterocycles. The van der Waals surface area contributed by atoms with Crippen LogP contribution in [-0.2, 0) is 19.1 Å². The van der Waals surface area contributed by atoms with Gasteiger partial charge in [0, 0.05) is 24.8 Å². The Labute approximate surface area is 204 Å². The quantitative estimate of drug-likeness (QED) is 0.456. The third-order valence-electron chi connectivity index (χ3n) is 6.07. The van der Waals surface area contributed by atoms with Gasteiger partial charge in [-0.2, -0.15) is 0 Å². The highest BCUT2D eigenvalue weighted by Crippen LogP contribution is 2.23. The molecule has 9 nitrogen and oxygen atoms in total. The monoisotopic (exact) mass is 492 g/mol. The van der Waals surface area contributed by atoms with E-state index in [1.807, 2.05) is 6.92 Å². The molecule has 10 heteroatoms. The molecular weight excluding hydrogens is 460 g/mol. The lowest BCUT2D eigenvalue weighted by Gasteiger charge is -2.34. The zero-order valence-corrected chi connectivity index (χ0v) is 20.3. The molecule has 1 saturated heterocycles. The maximum Gasteiger partial charge on any atom is 0.308 e. The molecule has 3 N–H and O–H groups in total. The molecule has 3 amide bonds. The van der Waals surface area contributed by atoms with Gasteiger partial charge in [0.1, 0.15) is 6.04 Å². The average Bonchev–Trinajstić information content (AvgIpc) is 2.83. The van der Waals surface area contributed by atoms with Gasteiger partial charge in [-0.05, 0) is 37.5 Å². The zero-order valence-electron chi connectivity index (χ0n) is 19.5. The first-order valence-electron chi connectivity index (χ1n) is 12.0. The Morgan fingerprint density at radius 3 is 2.71 bits per heavy atom. The van der Waals surface area contributed by atoms with Gasteiger partial charge in [-0.15, -0.1) is 0 Å². The van der Waals surface area contributed by atoms with Crippen molar-refractivity contribution in [2.45, 2.75) is 64.0 Å². The Kier molecular flexibility index (Phi) is 9.56. The summed E-state index contributed by atoms with van der Waals surface area (Å²) in [6, 6.07) is 4.17. The number of hydrogen-bond donors (Lipinski definition) is 3. The third kappa shape index (κ3) is 7.09. The lowest BCUT2D eigenvalue weighted by atomic mass is 9.95. The van der Waals surface area contributed by atoms with Crippen LogP contribution in [0.1, 0.15) is 62.2 Å². The summed E-state index contributed by atoms with van der Waals surface area (Å²) in [5, 5.41) is 9.09. The molecule has 186 valence electrons. The highest BCUT2D eigenvalue weighted by molar-refractivity contribution is 6.34. The fraction of sp³-hybridized carbons (Fsp3) is 0.583. The fourth-order valence-corrected chi connectivity index (χ4v) is 4.45. The van der Waals surface area contributed by atoms with Gasteiger partial charge < -0.3 is 25.6 Å². The summed E-state index contributed by atoms with van der Waals surface area (Å²) in [6.07, 6.45) is 5.82. The minimum absolute atomic E-state index is 0.0981. The molecule has 0 spiro atoms. The molecule has 1 aliphatic carbocycles. The van der Waals surface area contributed by atoms with Crippen LogP contribution >= 0.6 is 11.6 Å². The first kappa shape index (κ1) is 25.8. The van der Waals surface area contributed by atoms with Gasteiger partial charge in [-0.25, -0.2) is 0 Å². The molecule has 1 aromatic rings. The second-order valence-corrected chi connectivity index (χ2v) is 9.08. The fourth-order valence-electron chi connectivity index (χ4n) is 4.25. The predicted octanol–water partition coefficient (Wildman–Crippen LogP) is 2.48. The van der Waals surface area contributed by atoms with E-state index in [2.05, 4.69) is 16.0 Å². The molecule has 34 heavy (non-hydrogen) atoms. The van der Waals surface area contributed by atoms with E-state index < -0.39 is 12.0 Å². The number of halogens is 1. The van der Waals surface area contributed by atoms with Crippen molar-refractivity contribution in [2.24, 2.45) is 0 Å². The molecule has 1 unspecified atom stereocenters. The topological polar surface area (TPSA) is 117 Å². The number of hydrogen-bond acceptors (Lipinski definition) is 6. The molecule has 0 bridgehead atoms. The van der Waals surface area contributed by atoms with E-state index >= 15 is 0 Å². The van der Waals surface area contributed by atoms with Crippen molar-refractivity contribution in [1.29, 1.82) is 0 Å². The van der Waals surface area contributed by atoms with E-state index in [-0.39, 0.29) is 43.3 Å². The van der Waals surface area contributed by atoms with Crippen molar-refractivity contribution in [3.8, 4) is 0 Å². The molecule has 2 aliphatic rings. The molecule has 0 radical (unpaired) electrons. The lowest BCUT2D eigenvalue weighted by molar-refractivity contribution is -0.151. The van der Waals surface area contributed by atoms with Gasteiger partial charge in [0.15, 0.2) is 0 Å². The second-order valence-electron chi connectivity index (χ2n) is 8.68. The summed E-state index contributed by atoms with van der Waals surface area (Å²) in [6.45, 7) is 2.67. The van der Waals surface area contributed by atoms with Gasteiger partial charge in [-0.1, -0.05) is 37.8 Å². The minimum atomic E-state index is -0.908. The van der Waals surface area contributed by atoms with Crippen LogP contribution in [0, 0.1) is 0 Å². The summed E-state index contributed by atoms with van der Waals surface area (Å²) in [4.78, 5) is 51.4. The summed E-state index contributed by atoms with van der Waals surface area (Å²) >= 11 is 6.26. The first-order valence-corrected chi connectivity index (χ1v) is 12.3. The Bertz CT molecular complexity index is 903. The van der Waals surface area contributed by atoms with Crippen molar-refractivity contribution in [1.82, 2.24) is 15.5 Å². The number of carbonyl (C=O) groups is 4. The minimum Gasteiger partial charge on any atom is -0.466 e. The van der Waals surface area contributed by atoms with Gasteiger partial charge in [0.05, 0.1) is 30.2 Å². The summed E-state index contributed by atoms with van der Waals surface area (Å²) < 4.78 is 5.08. The molecule has 1 aromatic carbocycles. The number of anilines is 1. The number of carbonyl (C=O) groups excluding carboxylic acids is 4. The van der Waals surface area contributed by atoms with Crippen molar-refractivity contribution in [3.63, 3.8) is 0 Å². The maximum atomic E-state index is 12.9. The Morgan fingerprint density at radius 2 is 1.97 bits per heavy atom. The summed E-state index contributed by atoms with van der Waals surface area (Å²) in [5.41, 5.74) is 0.908. The van der Waals surface area contributed by atoms with E-state index in [1.165, 1.54) is 11.3 Å². The summed E-state index contributed by atoms with van der Waals surface area (Å²) in [5.74, 6) is -1.45. The Morgan fingerprint density at radius 1 is 1.21 bits per heavy atom. The molecular formula is C24H33ClN4O5. The highest BCUT2D eigenvalue weighted by atomic mass is 35.5. The number of esters is 1. The Hall–Kier alpha value is -2.81. The standard InChI is InChI=1S/C24H33ClN4O5/c1-2-12-34-22(31)14-20-24(33)26-10-11-29(20)21(30)15-27-17-8-9-19(25)18(13-17)23(32)28-16-6-4-3-5-7-16/h8-9,13,16,20,27H,2-7,10-12,14-15H2,1H3,(H,26,33)(H,28,32). The third-order valence-corrected chi connectivity index (χ3v) is 6.40. The number of piperazine rings is 1. The molecule has 2 fully saturated rings. The van der Waals surface area contributed by atoms with Crippen molar-refractivity contribution >= 4 is 41.0 Å². The lowest BCUT2D eigenvalue weighted by Crippen LogP contribution is -2.58. The number of benzene rings is 1. The maximum absolute atomic E-state index is 12.9. The van der Waals surface area contributed by atoms with Gasteiger partial charge in [0.2, 0.25) is 11.8 Å². The van der Waals surface area contributed by atoms with E-state index in [9.17, 15) is 19.2 Å². The van der Waals surface area contributed by atoms with E-state index in [0.29, 0.717) is 35.8 Å². The number of nitrogens with one attached hydrogen (secondary N) is 3. The van der Waals surface area contributed by atoms with Crippen molar-refractivity contribution < 1.29 is 23.9 Å². The normalized spacial score (nSPS) is 18.7. The smallest absolute Gasteiger partial charge is 0.308 e. The van der Waals surface area contributed by atoms with Crippen molar-refractivity contribution in [3.05, 3.63) is 28.8 Å². The van der Waals surface area contributed by atoms with Crippen LogP contribution in [-0.4, -0.2) is 66.9 Å². The molecule has 1 heterocycles. The van der Waals surface area contributed by atoms with Crippen LogP contribution in [0.5, 0.6) is 0 Å². The summed E-state index contributed by atoms with van der Waals surface area (Å²) in [7, 11) is 0. The van der Waals surface area contributed by atoms with Crippen LogP contribution in [0.25, 0.3) is 0 Å². The second kappa shape index (κ2) is 12.6. The predicted molar refractivity (Wildman–Crippen MR) is 129 cm³/mol. The van der Waals surface area contributed by atoms with Gasteiger partial charge in [-0.3, -0.25) is 19.2 Å². The highest BCUT2D eigenvalue weighted by Gasteiger charge is 2.35. The van der Waals surface area contributed by atoms with Gasteiger partial charge >= 0.3 is 5.97 Å². The molecule has 1 atom stereocenters. The zero-order chi connectivity index (χ0) is 24.5. The van der Waals surface area contributed by atoms with Crippen LogP contribution in [0.4, 0.5) is 5.69 Å². The number of ether oxygens (including phenoxy) is 1. The number of amides is 3. The number of nitrogens with zero attached hydrogens (tertiary/aromatic N) is 1. The Balaban J connectivity index is 1.60. The largest absolute Gasteiger partial charge is 0.466 e. The van der Waals surface area contributed by atoms with Crippen LogP contribution < -0.4 is 16.0 Å². The molecule has 3 rings (SSSR count). The molecule has 1 saturated carbocycles. The van der Waals surface area contributed by atoms with Crippen LogP contribution in [0.3, 0.4) is 0 Å². The van der Waals surface area contributed by atoms with Gasteiger partial charge in [0.25, 0.3) is 5.91 Å². The SMILES string of the molecule is CCCOC(=O)CC1C(=O)NCCN1C(=O)CNc1ccc(Cl)c(C(=O)NC2CCCCC2)c1. The van der Waals surface area contributed by atoms with Crippen LogP contribution in [0.15, 0.2) is 18.2 Å². The van der Waals surface area contributed by atoms with Crippen LogP contribution in [0.2, 0.25) is 5.02 Å². The molecule has 0 aromatic heterocycles.